The summed E-state index contributed by atoms with van der Waals surface area (Å²) in [5.41, 5.74) is 10.1. The predicted molar refractivity (Wildman–Crippen MR) is 116 cm³/mol. The van der Waals surface area contributed by atoms with Gasteiger partial charge in [-0.3, -0.25) is 4.57 Å². The lowest BCUT2D eigenvalue weighted by Crippen LogP contribution is -2.33. The van der Waals surface area contributed by atoms with E-state index < -0.39 is 31.1 Å². The van der Waals surface area contributed by atoms with Crippen LogP contribution in [0.15, 0.2) is 35.7 Å². The third-order valence-corrected chi connectivity index (χ3v) is 4.97. The first-order valence-corrected chi connectivity index (χ1v) is 10.2. The number of fused-ring (bicyclic) bond motifs is 1. The normalized spacial score (nSPS) is 23.2. The first kappa shape index (κ1) is 21.9. The Kier molecular flexibility index (Phi) is 6.46. The zero-order valence-corrected chi connectivity index (χ0v) is 17.4. The van der Waals surface area contributed by atoms with E-state index >= 15 is 0 Å². The Labute approximate surface area is 183 Å². The largest absolute Gasteiger partial charge is 0.494 e. The van der Waals surface area contributed by atoms with Crippen molar-refractivity contribution in [1.82, 2.24) is 19.5 Å². The maximum atomic E-state index is 10.3. The fourth-order valence-electron chi connectivity index (χ4n) is 3.32. The van der Waals surface area contributed by atoms with E-state index in [4.69, 9.17) is 15.2 Å². The molecule has 3 heterocycles. The number of nitrogens with two attached hydrogens (primary N) is 1. The Morgan fingerprint density at radius 1 is 1.25 bits per heavy atom. The average Bonchev–Trinajstić information content (AvgIpc) is 3.34. The molecule has 0 amide bonds. The monoisotopic (exact) mass is 443 g/mol. The Hall–Kier alpha value is -3.32. The van der Waals surface area contributed by atoms with Crippen LogP contribution in [0.2, 0.25) is 0 Å². The van der Waals surface area contributed by atoms with E-state index in [1.165, 1.54) is 10.9 Å². The van der Waals surface area contributed by atoms with Crippen LogP contribution in [0.1, 0.15) is 25.1 Å². The summed E-state index contributed by atoms with van der Waals surface area (Å²) in [6, 6.07) is 7.45. The van der Waals surface area contributed by atoms with Crippen LogP contribution in [-0.4, -0.2) is 72.6 Å². The van der Waals surface area contributed by atoms with E-state index in [-0.39, 0.29) is 17.4 Å². The van der Waals surface area contributed by atoms with Crippen molar-refractivity contribution in [3.8, 4) is 5.75 Å². The van der Waals surface area contributed by atoms with Crippen molar-refractivity contribution in [3.05, 3.63) is 36.2 Å². The molecular formula is C20H25N7O5. The van der Waals surface area contributed by atoms with Gasteiger partial charge in [0.15, 0.2) is 17.7 Å². The van der Waals surface area contributed by atoms with Crippen LogP contribution in [0.5, 0.6) is 5.75 Å². The molecule has 1 saturated heterocycles. The van der Waals surface area contributed by atoms with Crippen molar-refractivity contribution < 1.29 is 24.8 Å². The molecule has 4 rings (SSSR count). The SMILES string of the molecule is CCCOc1ccc(/C=N/Nc2nc(N)c3ncn(C4OC(CO)C(O)C4O)c3n2)cc1. The zero-order valence-electron chi connectivity index (χ0n) is 17.4. The standard InChI is InChI=1S/C20H25N7O5/c1-2-7-31-12-5-3-11(4-6-12)8-23-26-20-24-17(21)14-18(25-20)27(10-22-14)19-16(30)15(29)13(9-28)32-19/h3-6,8,10,13,15-16,19,28-30H,2,7,9H2,1H3,(H3,21,24,25,26)/b23-8+. The van der Waals surface area contributed by atoms with Gasteiger partial charge in [0.05, 0.1) is 25.8 Å². The molecule has 4 unspecified atom stereocenters. The molecule has 0 saturated carbocycles. The molecule has 12 nitrogen and oxygen atoms in total. The Morgan fingerprint density at radius 3 is 2.72 bits per heavy atom. The number of nitrogen functional groups attached to an aromatic ring is 1. The maximum absolute atomic E-state index is 10.3. The summed E-state index contributed by atoms with van der Waals surface area (Å²) in [4.78, 5) is 12.7. The van der Waals surface area contributed by atoms with Gasteiger partial charge < -0.3 is 30.5 Å². The van der Waals surface area contributed by atoms with E-state index in [1.54, 1.807) is 6.21 Å². The highest BCUT2D eigenvalue weighted by Gasteiger charge is 2.44. The Bertz CT molecular complexity index is 1090. The number of nitrogens with zero attached hydrogens (tertiary/aromatic N) is 5. The van der Waals surface area contributed by atoms with Gasteiger partial charge in [0.2, 0.25) is 5.95 Å². The number of hydrazone groups is 1. The van der Waals surface area contributed by atoms with E-state index in [2.05, 4.69) is 25.5 Å². The van der Waals surface area contributed by atoms with Crippen LogP contribution < -0.4 is 15.9 Å². The highest BCUT2D eigenvalue weighted by atomic mass is 16.6. The molecule has 1 aromatic carbocycles. The number of imidazole rings is 1. The van der Waals surface area contributed by atoms with Gasteiger partial charge in [0, 0.05) is 0 Å². The molecule has 1 aliphatic heterocycles. The molecule has 12 heteroatoms. The maximum Gasteiger partial charge on any atom is 0.247 e. The summed E-state index contributed by atoms with van der Waals surface area (Å²) in [6.07, 6.45) is -0.531. The summed E-state index contributed by atoms with van der Waals surface area (Å²) in [5, 5.41) is 33.8. The van der Waals surface area contributed by atoms with E-state index in [1.807, 2.05) is 31.2 Å². The number of anilines is 2. The summed E-state index contributed by atoms with van der Waals surface area (Å²) < 4.78 is 12.5. The van der Waals surface area contributed by atoms with Gasteiger partial charge >= 0.3 is 0 Å². The molecule has 4 atom stereocenters. The molecule has 0 spiro atoms. The Balaban J connectivity index is 1.52. The second-order valence-electron chi connectivity index (χ2n) is 7.27. The number of ether oxygens (including phenoxy) is 2. The lowest BCUT2D eigenvalue weighted by molar-refractivity contribution is -0.0511. The summed E-state index contributed by atoms with van der Waals surface area (Å²) >= 11 is 0. The first-order valence-electron chi connectivity index (χ1n) is 10.2. The van der Waals surface area contributed by atoms with E-state index in [9.17, 15) is 15.3 Å². The van der Waals surface area contributed by atoms with E-state index in [0.717, 1.165) is 17.7 Å². The van der Waals surface area contributed by atoms with Crippen LogP contribution in [0, 0.1) is 0 Å². The summed E-state index contributed by atoms with van der Waals surface area (Å²) in [5.74, 6) is 1.01. The second kappa shape index (κ2) is 9.44. The Morgan fingerprint density at radius 2 is 2.03 bits per heavy atom. The number of aromatic nitrogens is 4. The van der Waals surface area contributed by atoms with Crippen LogP contribution in [-0.2, 0) is 4.74 Å². The number of nitrogens with one attached hydrogen (secondary N) is 1. The average molecular weight is 443 g/mol. The predicted octanol–water partition coefficient (Wildman–Crippen LogP) is 0.255. The molecule has 0 bridgehead atoms. The zero-order chi connectivity index (χ0) is 22.7. The number of aliphatic hydroxyl groups excluding tert-OH is 3. The van der Waals surface area contributed by atoms with Gasteiger partial charge in [0.25, 0.3) is 0 Å². The van der Waals surface area contributed by atoms with Crippen LogP contribution in [0.25, 0.3) is 11.2 Å². The van der Waals surface area contributed by atoms with Crippen molar-refractivity contribution in [2.75, 3.05) is 24.4 Å². The van der Waals surface area contributed by atoms with Crippen molar-refractivity contribution in [2.24, 2.45) is 5.10 Å². The molecular weight excluding hydrogens is 418 g/mol. The fourth-order valence-corrected chi connectivity index (χ4v) is 3.32. The van der Waals surface area contributed by atoms with Crippen LogP contribution in [0.3, 0.4) is 0 Å². The quantitative estimate of drug-likeness (QED) is 0.240. The number of hydrogen-bond acceptors (Lipinski definition) is 11. The molecule has 1 aliphatic rings. The van der Waals surface area contributed by atoms with Gasteiger partial charge in [-0.2, -0.15) is 15.1 Å². The molecule has 32 heavy (non-hydrogen) atoms. The van der Waals surface area contributed by atoms with E-state index in [0.29, 0.717) is 12.1 Å². The minimum Gasteiger partial charge on any atom is -0.494 e. The molecule has 0 radical (unpaired) electrons. The lowest BCUT2D eigenvalue weighted by atomic mass is 10.1. The number of aliphatic hydroxyl groups is 3. The minimum absolute atomic E-state index is 0.107. The van der Waals surface area contributed by atoms with Crippen molar-refractivity contribution in [1.29, 1.82) is 0 Å². The third-order valence-electron chi connectivity index (χ3n) is 4.97. The van der Waals surface area contributed by atoms with Crippen molar-refractivity contribution >= 4 is 29.1 Å². The summed E-state index contributed by atoms with van der Waals surface area (Å²) in [6.45, 7) is 2.27. The number of hydrogen-bond donors (Lipinski definition) is 5. The number of benzene rings is 1. The van der Waals surface area contributed by atoms with Gasteiger partial charge in [-0.25, -0.2) is 10.4 Å². The molecule has 170 valence electrons. The molecule has 6 N–H and O–H groups in total. The fraction of sp³-hybridized carbons (Fsp3) is 0.400. The highest BCUT2D eigenvalue weighted by Crippen LogP contribution is 2.32. The van der Waals surface area contributed by atoms with Gasteiger partial charge in [-0.15, -0.1) is 0 Å². The molecule has 0 aliphatic carbocycles. The van der Waals surface area contributed by atoms with Crippen LogP contribution >= 0.6 is 0 Å². The lowest BCUT2D eigenvalue weighted by Gasteiger charge is -2.16. The second-order valence-corrected chi connectivity index (χ2v) is 7.27. The summed E-state index contributed by atoms with van der Waals surface area (Å²) in [7, 11) is 0. The number of rotatable bonds is 8. The topological polar surface area (TPSA) is 173 Å². The van der Waals surface area contributed by atoms with Gasteiger partial charge in [-0.05, 0) is 36.2 Å². The van der Waals surface area contributed by atoms with Gasteiger partial charge in [0.1, 0.15) is 29.6 Å². The molecule has 1 fully saturated rings. The molecule has 2 aromatic heterocycles. The minimum atomic E-state index is -1.28. The first-order chi connectivity index (χ1) is 15.5. The van der Waals surface area contributed by atoms with Crippen molar-refractivity contribution in [3.63, 3.8) is 0 Å². The third kappa shape index (κ3) is 4.34. The van der Waals surface area contributed by atoms with Gasteiger partial charge in [-0.1, -0.05) is 6.92 Å². The smallest absolute Gasteiger partial charge is 0.247 e. The van der Waals surface area contributed by atoms with Crippen LogP contribution in [0.4, 0.5) is 11.8 Å². The highest BCUT2D eigenvalue weighted by molar-refractivity contribution is 5.83. The van der Waals surface area contributed by atoms with Crippen molar-refractivity contribution in [2.45, 2.75) is 37.9 Å². The molecule has 3 aromatic rings.